The minimum absolute atomic E-state index is 0.214. The fraction of sp³-hybridized carbons (Fsp3) is 0.941. The third kappa shape index (κ3) is 17.3. The molecule has 0 bridgehead atoms. The lowest BCUT2D eigenvalue weighted by atomic mass is 10.1. The predicted octanol–water partition coefficient (Wildman–Crippen LogP) is 3.97. The first-order valence-corrected chi connectivity index (χ1v) is 8.18. The summed E-state index contributed by atoms with van der Waals surface area (Å²) in [5.41, 5.74) is -0.421. The lowest BCUT2D eigenvalue weighted by molar-refractivity contribution is -0.156. The lowest BCUT2D eigenvalue weighted by Gasteiger charge is -2.19. The molecule has 0 spiro atoms. The Morgan fingerprint density at radius 2 is 1.52 bits per heavy atom. The van der Waals surface area contributed by atoms with E-state index in [-0.39, 0.29) is 5.97 Å². The Hall–Kier alpha value is -0.610. The minimum Gasteiger partial charge on any atom is -0.460 e. The van der Waals surface area contributed by atoms with Crippen molar-refractivity contribution in [3.63, 3.8) is 0 Å². The van der Waals surface area contributed by atoms with Crippen LogP contribution in [0, 0.1) is 5.92 Å². The summed E-state index contributed by atoms with van der Waals surface area (Å²) in [6, 6.07) is 0. The van der Waals surface area contributed by atoms with E-state index in [0.29, 0.717) is 26.2 Å². The fourth-order valence-electron chi connectivity index (χ4n) is 1.80. The van der Waals surface area contributed by atoms with Crippen molar-refractivity contribution in [2.75, 3.05) is 26.4 Å². The van der Waals surface area contributed by atoms with E-state index < -0.39 is 5.60 Å². The van der Waals surface area contributed by atoms with E-state index in [9.17, 15) is 4.79 Å². The Labute approximate surface area is 130 Å². The number of carbonyl (C=O) groups is 1. The molecule has 0 aliphatic heterocycles. The van der Waals surface area contributed by atoms with Gasteiger partial charge < -0.3 is 14.2 Å². The molecule has 0 fully saturated rings. The smallest absolute Gasteiger partial charge is 0.308 e. The molecular formula is C17H34O4. The normalized spacial score (nSPS) is 11.9. The van der Waals surface area contributed by atoms with E-state index in [2.05, 4.69) is 13.8 Å². The van der Waals surface area contributed by atoms with Gasteiger partial charge in [0.2, 0.25) is 0 Å². The number of ether oxygens (including phenoxy) is 3. The summed E-state index contributed by atoms with van der Waals surface area (Å²) in [5.74, 6) is 0.581. The Kier molecular flexibility index (Phi) is 11.6. The highest BCUT2D eigenvalue weighted by molar-refractivity contribution is 5.69. The van der Waals surface area contributed by atoms with Crippen molar-refractivity contribution < 1.29 is 19.0 Å². The largest absolute Gasteiger partial charge is 0.460 e. The molecule has 0 heterocycles. The maximum absolute atomic E-state index is 11.4. The third-order valence-electron chi connectivity index (χ3n) is 2.81. The monoisotopic (exact) mass is 302 g/mol. The molecule has 4 nitrogen and oxygen atoms in total. The van der Waals surface area contributed by atoms with Crippen molar-refractivity contribution >= 4 is 5.97 Å². The van der Waals surface area contributed by atoms with Gasteiger partial charge in [-0.2, -0.15) is 0 Å². The van der Waals surface area contributed by atoms with Gasteiger partial charge in [0.1, 0.15) is 5.60 Å². The summed E-state index contributed by atoms with van der Waals surface area (Å²) in [6.45, 7) is 12.4. The van der Waals surface area contributed by atoms with E-state index in [0.717, 1.165) is 18.9 Å². The summed E-state index contributed by atoms with van der Waals surface area (Å²) in [7, 11) is 0. The molecule has 0 aliphatic carbocycles. The molecule has 0 saturated carbocycles. The van der Waals surface area contributed by atoms with Gasteiger partial charge in [0.25, 0.3) is 0 Å². The van der Waals surface area contributed by atoms with Gasteiger partial charge in [0.15, 0.2) is 0 Å². The van der Waals surface area contributed by atoms with Crippen LogP contribution < -0.4 is 0 Å². The molecule has 126 valence electrons. The summed E-state index contributed by atoms with van der Waals surface area (Å²) < 4.78 is 16.0. The van der Waals surface area contributed by atoms with Gasteiger partial charge in [0.05, 0.1) is 26.2 Å². The molecule has 21 heavy (non-hydrogen) atoms. The molecule has 0 saturated heterocycles. The lowest BCUT2D eigenvalue weighted by Crippen LogP contribution is -2.24. The summed E-state index contributed by atoms with van der Waals surface area (Å²) >= 11 is 0. The minimum atomic E-state index is -0.421. The van der Waals surface area contributed by atoms with Gasteiger partial charge in [0, 0.05) is 6.61 Å². The highest BCUT2D eigenvalue weighted by Gasteiger charge is 2.15. The van der Waals surface area contributed by atoms with Gasteiger partial charge in [-0.3, -0.25) is 4.79 Å². The van der Waals surface area contributed by atoms with Crippen molar-refractivity contribution in [2.24, 2.45) is 5.92 Å². The van der Waals surface area contributed by atoms with Crippen molar-refractivity contribution in [3.05, 3.63) is 0 Å². The number of hydrogen-bond acceptors (Lipinski definition) is 4. The van der Waals surface area contributed by atoms with E-state index >= 15 is 0 Å². The standard InChI is InChI=1S/C17H34O4/c1-15(2)9-7-6-8-11-19-13-14-20-12-10-16(18)21-17(3,4)5/h15H,6-14H2,1-5H3. The van der Waals surface area contributed by atoms with Crippen LogP contribution in [0.3, 0.4) is 0 Å². The number of unbranched alkanes of at least 4 members (excludes halogenated alkanes) is 2. The van der Waals surface area contributed by atoms with Crippen molar-refractivity contribution in [2.45, 2.75) is 72.3 Å². The quantitative estimate of drug-likeness (QED) is 0.404. The van der Waals surface area contributed by atoms with Crippen LogP contribution >= 0.6 is 0 Å². The Balaban J connectivity index is 3.21. The number of hydrogen-bond donors (Lipinski definition) is 0. The van der Waals surface area contributed by atoms with E-state index in [1.54, 1.807) is 0 Å². The Morgan fingerprint density at radius 3 is 2.10 bits per heavy atom. The topological polar surface area (TPSA) is 44.8 Å². The summed E-state index contributed by atoms with van der Waals surface area (Å²) in [6.07, 6.45) is 5.23. The molecule has 0 atom stereocenters. The second-order valence-electron chi connectivity index (χ2n) is 6.80. The fourth-order valence-corrected chi connectivity index (χ4v) is 1.80. The molecule has 0 aromatic heterocycles. The molecule has 0 N–H and O–H groups in total. The molecule has 0 rings (SSSR count). The van der Waals surface area contributed by atoms with Crippen LogP contribution in [0.15, 0.2) is 0 Å². The highest BCUT2D eigenvalue weighted by atomic mass is 16.6. The van der Waals surface area contributed by atoms with Crippen LogP contribution in [-0.2, 0) is 19.0 Å². The predicted molar refractivity (Wildman–Crippen MR) is 85.4 cm³/mol. The third-order valence-corrected chi connectivity index (χ3v) is 2.81. The molecule has 0 aliphatic rings. The van der Waals surface area contributed by atoms with Crippen LogP contribution in [0.5, 0.6) is 0 Å². The van der Waals surface area contributed by atoms with Crippen molar-refractivity contribution in [1.82, 2.24) is 0 Å². The Morgan fingerprint density at radius 1 is 0.905 bits per heavy atom. The molecule has 0 amide bonds. The first-order valence-electron chi connectivity index (χ1n) is 8.18. The first kappa shape index (κ1) is 20.4. The van der Waals surface area contributed by atoms with Crippen LogP contribution in [0.4, 0.5) is 0 Å². The Bertz CT molecular complexity index is 256. The van der Waals surface area contributed by atoms with Gasteiger partial charge in [-0.1, -0.05) is 33.1 Å². The van der Waals surface area contributed by atoms with Crippen molar-refractivity contribution in [3.8, 4) is 0 Å². The number of esters is 1. The number of rotatable bonds is 12. The highest BCUT2D eigenvalue weighted by Crippen LogP contribution is 2.08. The average Bonchev–Trinajstić information content (AvgIpc) is 2.33. The van der Waals surface area contributed by atoms with Gasteiger partial charge in [-0.25, -0.2) is 0 Å². The van der Waals surface area contributed by atoms with E-state index in [1.165, 1.54) is 19.3 Å². The maximum atomic E-state index is 11.4. The summed E-state index contributed by atoms with van der Waals surface area (Å²) in [4.78, 5) is 11.4. The molecule has 0 aromatic rings. The molecular weight excluding hydrogens is 268 g/mol. The van der Waals surface area contributed by atoms with Crippen molar-refractivity contribution in [1.29, 1.82) is 0 Å². The zero-order valence-corrected chi connectivity index (χ0v) is 14.6. The summed E-state index contributed by atoms with van der Waals surface area (Å²) in [5, 5.41) is 0. The van der Waals surface area contributed by atoms with Crippen LogP contribution in [-0.4, -0.2) is 38.0 Å². The van der Waals surface area contributed by atoms with Crippen LogP contribution in [0.2, 0.25) is 0 Å². The van der Waals surface area contributed by atoms with Gasteiger partial charge >= 0.3 is 5.97 Å². The zero-order valence-electron chi connectivity index (χ0n) is 14.6. The second-order valence-corrected chi connectivity index (χ2v) is 6.80. The number of carbonyl (C=O) groups excluding carboxylic acids is 1. The molecule has 0 unspecified atom stereocenters. The maximum Gasteiger partial charge on any atom is 0.308 e. The first-order chi connectivity index (χ1) is 9.81. The van der Waals surface area contributed by atoms with Gasteiger partial charge in [-0.05, 0) is 33.1 Å². The molecule has 0 aromatic carbocycles. The van der Waals surface area contributed by atoms with E-state index in [4.69, 9.17) is 14.2 Å². The SMILES string of the molecule is CC(C)CCCCCOCCOCCC(=O)OC(C)(C)C. The van der Waals surface area contributed by atoms with Crippen LogP contribution in [0.1, 0.15) is 66.7 Å². The van der Waals surface area contributed by atoms with Gasteiger partial charge in [-0.15, -0.1) is 0 Å². The molecule has 0 radical (unpaired) electrons. The van der Waals surface area contributed by atoms with E-state index in [1.807, 2.05) is 20.8 Å². The zero-order chi connectivity index (χ0) is 16.1. The molecule has 4 heteroatoms. The second kappa shape index (κ2) is 12.0. The van der Waals surface area contributed by atoms with Crippen LogP contribution in [0.25, 0.3) is 0 Å². The average molecular weight is 302 g/mol.